The molecule has 3 atom stereocenters. The largest absolute Gasteiger partial charge is 0.477 e. The maximum atomic E-state index is 13.4. The standard InChI is InChI=1S/C24H22N8O7S2/c1-31-24(28-29-30-31)41-11-13-10-40-21-16(20(35)32(21)17(13)22(36)37)25-19(34)15(12-6-3-2-4-7-12)26-23(38)27-18(33)14-8-5-9-39-14/h2-9,15-16,21H,10-11H2,1H3,(H,25,34)(H,36,37)(H2,26,27,33,38)/t15-,16-,21-/m1/s1. The Kier molecular flexibility index (Phi) is 8.06. The summed E-state index contributed by atoms with van der Waals surface area (Å²) in [6.07, 6.45) is 1.28. The molecule has 41 heavy (non-hydrogen) atoms. The molecule has 0 aliphatic carbocycles. The SMILES string of the molecule is Cn1nnnc1SCC1=C(C(=O)O)N2C(=O)[C@@H](NC(=O)[C@H](NC(=O)NC(=O)c3ccco3)c3ccccc3)[C@H]2SC1. The van der Waals surface area contributed by atoms with Crippen LogP contribution in [0.5, 0.6) is 0 Å². The van der Waals surface area contributed by atoms with Crippen LogP contribution in [0.25, 0.3) is 0 Å². The molecule has 17 heteroatoms. The molecule has 2 aromatic heterocycles. The number of aryl methyl sites for hydroxylation is 1. The van der Waals surface area contributed by atoms with E-state index >= 15 is 0 Å². The van der Waals surface area contributed by atoms with Crippen LogP contribution in [-0.4, -0.2) is 82.9 Å². The molecule has 1 fully saturated rings. The van der Waals surface area contributed by atoms with Crippen molar-refractivity contribution in [3.63, 3.8) is 0 Å². The molecule has 0 radical (unpaired) electrons. The normalized spacial score (nSPS) is 18.7. The highest BCUT2D eigenvalue weighted by Crippen LogP contribution is 2.41. The zero-order valence-electron chi connectivity index (χ0n) is 21.2. The highest BCUT2D eigenvalue weighted by molar-refractivity contribution is 8.01. The van der Waals surface area contributed by atoms with Gasteiger partial charge in [-0.2, -0.15) is 0 Å². The van der Waals surface area contributed by atoms with Gasteiger partial charge in [0.25, 0.3) is 11.8 Å². The summed E-state index contributed by atoms with van der Waals surface area (Å²) < 4.78 is 6.42. The van der Waals surface area contributed by atoms with Crippen LogP contribution in [0.4, 0.5) is 4.79 Å². The molecule has 0 saturated carbocycles. The number of furan rings is 1. The lowest BCUT2D eigenvalue weighted by atomic mass is 10.0. The van der Waals surface area contributed by atoms with Crippen LogP contribution in [0.15, 0.2) is 69.6 Å². The molecule has 212 valence electrons. The van der Waals surface area contributed by atoms with Crippen LogP contribution in [0.3, 0.4) is 0 Å². The summed E-state index contributed by atoms with van der Waals surface area (Å²) in [5.41, 5.74) is 0.779. The van der Waals surface area contributed by atoms with Gasteiger partial charge in [-0.1, -0.05) is 42.1 Å². The van der Waals surface area contributed by atoms with Crippen molar-refractivity contribution in [3.8, 4) is 0 Å². The van der Waals surface area contributed by atoms with E-state index in [4.69, 9.17) is 4.42 Å². The first kappa shape index (κ1) is 27.9. The van der Waals surface area contributed by atoms with Crippen molar-refractivity contribution in [2.75, 3.05) is 11.5 Å². The minimum atomic E-state index is -1.27. The maximum absolute atomic E-state index is 13.4. The number of nitrogens with zero attached hydrogens (tertiary/aromatic N) is 5. The number of nitrogens with one attached hydrogen (secondary N) is 3. The molecule has 4 N–H and O–H groups in total. The van der Waals surface area contributed by atoms with Gasteiger partial charge < -0.3 is 20.2 Å². The van der Waals surface area contributed by atoms with Crippen molar-refractivity contribution < 1.29 is 33.5 Å². The number of benzene rings is 1. The first-order valence-corrected chi connectivity index (χ1v) is 14.0. The van der Waals surface area contributed by atoms with Gasteiger partial charge in [-0.25, -0.2) is 14.3 Å². The molecule has 2 aliphatic rings. The average molecular weight is 599 g/mol. The molecular formula is C24H22N8O7S2. The van der Waals surface area contributed by atoms with Crippen molar-refractivity contribution in [2.24, 2.45) is 7.05 Å². The van der Waals surface area contributed by atoms with E-state index in [9.17, 15) is 29.1 Å². The molecule has 15 nitrogen and oxygen atoms in total. The predicted octanol–water partition coefficient (Wildman–Crippen LogP) is 0.515. The summed E-state index contributed by atoms with van der Waals surface area (Å²) >= 11 is 2.55. The minimum absolute atomic E-state index is 0.0938. The van der Waals surface area contributed by atoms with Crippen LogP contribution in [0, 0.1) is 0 Å². The fourth-order valence-corrected chi connectivity index (χ4v) is 6.55. The molecular weight excluding hydrogens is 576 g/mol. The van der Waals surface area contributed by atoms with E-state index in [1.807, 2.05) is 0 Å². The molecule has 4 heterocycles. The van der Waals surface area contributed by atoms with E-state index in [1.165, 1.54) is 46.6 Å². The number of fused-ring (bicyclic) bond motifs is 1. The topological polar surface area (TPSA) is 202 Å². The second-order valence-corrected chi connectivity index (χ2v) is 10.8. The van der Waals surface area contributed by atoms with Crippen LogP contribution in [-0.2, 0) is 21.4 Å². The highest BCUT2D eigenvalue weighted by Gasteiger charge is 2.54. The van der Waals surface area contributed by atoms with Crippen molar-refractivity contribution in [3.05, 3.63) is 71.3 Å². The van der Waals surface area contributed by atoms with E-state index in [-0.39, 0.29) is 17.2 Å². The number of carbonyl (C=O) groups is 5. The number of rotatable bonds is 9. The Hall–Kier alpha value is -4.64. The van der Waals surface area contributed by atoms with Gasteiger partial charge in [0.05, 0.1) is 6.26 Å². The number of hydrogen-bond donors (Lipinski definition) is 4. The fourth-order valence-electron chi connectivity index (χ4n) is 4.21. The number of tetrazole rings is 1. The summed E-state index contributed by atoms with van der Waals surface area (Å²) in [7, 11) is 1.66. The van der Waals surface area contributed by atoms with Gasteiger partial charge in [-0.05, 0) is 33.7 Å². The number of imide groups is 1. The lowest BCUT2D eigenvalue weighted by Crippen LogP contribution is -2.71. The number of carbonyl (C=O) groups excluding carboxylic acids is 4. The molecule has 3 aromatic rings. The number of carboxylic acid groups (broad SMARTS) is 1. The number of carboxylic acids is 1. The third kappa shape index (κ3) is 5.80. The number of β-lactam (4-membered cyclic amide) rings is 1. The number of urea groups is 1. The fraction of sp³-hybridized carbons (Fsp3) is 0.250. The molecule has 1 aromatic carbocycles. The van der Waals surface area contributed by atoms with Gasteiger partial charge in [-0.3, -0.25) is 24.6 Å². The lowest BCUT2D eigenvalue weighted by molar-refractivity contribution is -0.151. The van der Waals surface area contributed by atoms with Gasteiger partial charge in [0, 0.05) is 18.6 Å². The molecule has 5 amide bonds. The predicted molar refractivity (Wildman–Crippen MR) is 143 cm³/mol. The monoisotopic (exact) mass is 598 g/mol. The van der Waals surface area contributed by atoms with Gasteiger partial charge >= 0.3 is 12.0 Å². The number of thioether (sulfide) groups is 2. The van der Waals surface area contributed by atoms with Crippen molar-refractivity contribution in [1.82, 2.24) is 41.1 Å². The first-order valence-electron chi connectivity index (χ1n) is 12.0. The van der Waals surface area contributed by atoms with Gasteiger partial charge in [0.1, 0.15) is 23.2 Å². The summed E-state index contributed by atoms with van der Waals surface area (Å²) in [6.45, 7) is 0. The van der Waals surface area contributed by atoms with E-state index in [1.54, 1.807) is 37.4 Å². The quantitative estimate of drug-likeness (QED) is 0.197. The number of amides is 5. The Morgan fingerprint density at radius 3 is 2.63 bits per heavy atom. The van der Waals surface area contributed by atoms with Gasteiger partial charge in [-0.15, -0.1) is 16.9 Å². The number of aromatic nitrogens is 4. The van der Waals surface area contributed by atoms with Crippen molar-refractivity contribution in [1.29, 1.82) is 0 Å². The molecule has 0 spiro atoms. The Morgan fingerprint density at radius 2 is 1.98 bits per heavy atom. The van der Waals surface area contributed by atoms with Crippen LogP contribution in [0.2, 0.25) is 0 Å². The zero-order valence-corrected chi connectivity index (χ0v) is 22.8. The molecule has 1 saturated heterocycles. The Labute approximate surface area is 240 Å². The first-order chi connectivity index (χ1) is 19.7. The van der Waals surface area contributed by atoms with E-state index in [0.29, 0.717) is 22.0 Å². The molecule has 5 rings (SSSR count). The minimum Gasteiger partial charge on any atom is -0.477 e. The second-order valence-electron chi connectivity index (χ2n) is 8.78. The molecule has 0 unspecified atom stereocenters. The van der Waals surface area contributed by atoms with Crippen LogP contribution >= 0.6 is 23.5 Å². The molecule has 0 bridgehead atoms. The third-order valence-electron chi connectivity index (χ3n) is 6.15. The van der Waals surface area contributed by atoms with Crippen molar-refractivity contribution >= 4 is 53.2 Å². The Balaban J connectivity index is 1.28. The maximum Gasteiger partial charge on any atom is 0.352 e. The number of hydrogen-bond acceptors (Lipinski definition) is 11. The van der Waals surface area contributed by atoms with Crippen LogP contribution < -0.4 is 16.0 Å². The van der Waals surface area contributed by atoms with Gasteiger partial charge in [0.15, 0.2) is 5.76 Å². The summed E-state index contributed by atoms with van der Waals surface area (Å²) in [5, 5.41) is 28.1. The second kappa shape index (κ2) is 11.8. The smallest absolute Gasteiger partial charge is 0.352 e. The average Bonchev–Trinajstić information content (AvgIpc) is 3.65. The molecule has 2 aliphatic heterocycles. The van der Waals surface area contributed by atoms with E-state index in [2.05, 4.69) is 31.5 Å². The Morgan fingerprint density at radius 1 is 1.20 bits per heavy atom. The number of aliphatic carboxylic acids is 1. The summed E-state index contributed by atoms with van der Waals surface area (Å²) in [5.74, 6) is -2.92. The lowest BCUT2D eigenvalue weighted by Gasteiger charge is -2.49. The third-order valence-corrected chi connectivity index (χ3v) is 8.58. The summed E-state index contributed by atoms with van der Waals surface area (Å²) in [6, 6.07) is 7.86. The van der Waals surface area contributed by atoms with Crippen LogP contribution in [0.1, 0.15) is 22.2 Å². The van der Waals surface area contributed by atoms with E-state index in [0.717, 1.165) is 4.90 Å². The summed E-state index contributed by atoms with van der Waals surface area (Å²) in [4.78, 5) is 64.6. The van der Waals surface area contributed by atoms with E-state index < -0.39 is 47.2 Å². The van der Waals surface area contributed by atoms with Gasteiger partial charge in [0.2, 0.25) is 11.1 Å². The van der Waals surface area contributed by atoms with Crippen molar-refractivity contribution in [2.45, 2.75) is 22.6 Å². The highest BCUT2D eigenvalue weighted by atomic mass is 32.2. The zero-order chi connectivity index (χ0) is 29.1. The Bertz CT molecular complexity index is 1530.